The van der Waals surface area contributed by atoms with Gasteiger partial charge in [0.05, 0.1) is 5.39 Å². The fourth-order valence-corrected chi connectivity index (χ4v) is 4.04. The van der Waals surface area contributed by atoms with Gasteiger partial charge in [-0.05, 0) is 40.8 Å². The molecular weight excluding hydrogens is 336 g/mol. The van der Waals surface area contributed by atoms with Crippen LogP contribution in [0.4, 0.5) is 5.82 Å². The first-order chi connectivity index (χ1) is 11.8. The highest BCUT2D eigenvalue weighted by Gasteiger charge is 2.06. The summed E-state index contributed by atoms with van der Waals surface area (Å²) in [5, 5.41) is 15.4. The molecule has 116 valence electrons. The Bertz CT molecular complexity index is 1040. The van der Waals surface area contributed by atoms with Crippen LogP contribution >= 0.6 is 22.7 Å². The number of hydrogen-bond acceptors (Lipinski definition) is 6. The molecule has 0 bridgehead atoms. The molecule has 0 fully saturated rings. The van der Waals surface area contributed by atoms with E-state index in [0.717, 1.165) is 31.4 Å². The van der Waals surface area contributed by atoms with Crippen LogP contribution < -0.4 is 5.32 Å². The van der Waals surface area contributed by atoms with Gasteiger partial charge in [0.1, 0.15) is 27.9 Å². The number of nitriles is 1. The van der Waals surface area contributed by atoms with Gasteiger partial charge in [-0.2, -0.15) is 5.26 Å². The highest BCUT2D eigenvalue weighted by atomic mass is 32.1. The normalized spacial score (nSPS) is 10.6. The molecule has 3 aromatic heterocycles. The molecule has 1 N–H and O–H groups in total. The molecule has 0 aliphatic carbocycles. The van der Waals surface area contributed by atoms with Crippen molar-refractivity contribution in [2.75, 3.05) is 5.32 Å². The summed E-state index contributed by atoms with van der Waals surface area (Å²) in [5.41, 5.74) is 2.30. The van der Waals surface area contributed by atoms with Gasteiger partial charge in [0.25, 0.3) is 0 Å². The summed E-state index contributed by atoms with van der Waals surface area (Å²) < 4.78 is 0. The highest BCUT2D eigenvalue weighted by molar-refractivity contribution is 7.16. The molecule has 6 heteroatoms. The fraction of sp³-hybridized carbons (Fsp3) is 0.0556. The molecule has 0 aliphatic heterocycles. The molecule has 4 nitrogen and oxygen atoms in total. The number of rotatable bonds is 4. The van der Waals surface area contributed by atoms with Gasteiger partial charge in [0.15, 0.2) is 0 Å². The number of thiophene rings is 2. The zero-order chi connectivity index (χ0) is 16.4. The molecule has 3 heterocycles. The Hall–Kier alpha value is -2.75. The molecule has 24 heavy (non-hydrogen) atoms. The third kappa shape index (κ3) is 2.87. The summed E-state index contributed by atoms with van der Waals surface area (Å²) in [6.45, 7) is 0.687. The number of aromatic nitrogens is 2. The largest absolute Gasteiger partial charge is 0.365 e. The van der Waals surface area contributed by atoms with Crippen LogP contribution in [0.5, 0.6) is 0 Å². The number of nitrogens with zero attached hydrogens (tertiary/aromatic N) is 3. The van der Waals surface area contributed by atoms with Gasteiger partial charge in [0, 0.05) is 11.4 Å². The highest BCUT2D eigenvalue weighted by Crippen LogP contribution is 2.29. The molecule has 0 saturated carbocycles. The minimum atomic E-state index is 0.687. The van der Waals surface area contributed by atoms with Gasteiger partial charge in [-0.1, -0.05) is 18.2 Å². The van der Waals surface area contributed by atoms with Crippen molar-refractivity contribution >= 4 is 38.7 Å². The number of benzene rings is 1. The topological polar surface area (TPSA) is 61.6 Å². The molecule has 0 aliphatic rings. The van der Waals surface area contributed by atoms with Crippen molar-refractivity contribution in [1.29, 1.82) is 5.26 Å². The van der Waals surface area contributed by atoms with E-state index in [1.165, 1.54) is 16.9 Å². The average molecular weight is 348 g/mol. The average Bonchev–Trinajstić information content (AvgIpc) is 3.29. The fourth-order valence-electron chi connectivity index (χ4n) is 2.50. The van der Waals surface area contributed by atoms with Crippen molar-refractivity contribution in [2.45, 2.75) is 6.54 Å². The lowest BCUT2D eigenvalue weighted by molar-refractivity contribution is 1.11. The maximum atomic E-state index is 8.97. The second kappa shape index (κ2) is 6.40. The van der Waals surface area contributed by atoms with Crippen molar-refractivity contribution < 1.29 is 0 Å². The van der Waals surface area contributed by atoms with Gasteiger partial charge in [-0.15, -0.1) is 22.7 Å². The Kier molecular flexibility index (Phi) is 3.95. The summed E-state index contributed by atoms with van der Waals surface area (Å²) >= 11 is 3.12. The molecule has 0 saturated heterocycles. The lowest BCUT2D eigenvalue weighted by Crippen LogP contribution is -2.01. The quantitative estimate of drug-likeness (QED) is 0.569. The molecule has 0 unspecified atom stereocenters. The standard InChI is InChI=1S/C18H12N4S2/c19-9-14-4-5-16(24-14)13-3-1-2-12(8-13)10-20-17-15-6-7-23-18(15)22-11-21-17/h1-8,11H,10H2,(H,20,21,22). The van der Waals surface area contributed by atoms with Crippen LogP contribution in [-0.2, 0) is 6.54 Å². The third-order valence-corrected chi connectivity index (χ3v) is 5.51. The van der Waals surface area contributed by atoms with Crippen LogP contribution in [0, 0.1) is 11.3 Å². The van der Waals surface area contributed by atoms with E-state index in [9.17, 15) is 0 Å². The summed E-state index contributed by atoms with van der Waals surface area (Å²) in [6.07, 6.45) is 1.59. The Labute approximate surface area is 147 Å². The zero-order valence-electron chi connectivity index (χ0n) is 12.6. The lowest BCUT2D eigenvalue weighted by atomic mass is 10.1. The van der Waals surface area contributed by atoms with E-state index in [4.69, 9.17) is 5.26 Å². The van der Waals surface area contributed by atoms with Crippen LogP contribution in [0.1, 0.15) is 10.4 Å². The zero-order valence-corrected chi connectivity index (χ0v) is 14.2. The van der Waals surface area contributed by atoms with Crippen molar-refractivity contribution in [3.05, 3.63) is 64.6 Å². The SMILES string of the molecule is N#Cc1ccc(-c2cccc(CNc3ncnc4sccc34)c2)s1. The second-order valence-corrected chi connectivity index (χ2v) is 7.17. The Balaban J connectivity index is 1.56. The van der Waals surface area contributed by atoms with Crippen LogP contribution in [0.2, 0.25) is 0 Å². The Morgan fingerprint density at radius 1 is 1.12 bits per heavy atom. The van der Waals surface area contributed by atoms with E-state index in [1.807, 2.05) is 29.6 Å². The smallest absolute Gasteiger partial charge is 0.138 e. The lowest BCUT2D eigenvalue weighted by Gasteiger charge is -2.08. The number of hydrogen-bond donors (Lipinski definition) is 1. The van der Waals surface area contributed by atoms with E-state index >= 15 is 0 Å². The van der Waals surface area contributed by atoms with Crippen molar-refractivity contribution in [3.63, 3.8) is 0 Å². The maximum absolute atomic E-state index is 8.97. The monoisotopic (exact) mass is 348 g/mol. The molecule has 0 radical (unpaired) electrons. The molecule has 4 aromatic rings. The van der Waals surface area contributed by atoms with Crippen molar-refractivity contribution in [3.8, 4) is 16.5 Å². The van der Waals surface area contributed by atoms with Gasteiger partial charge in [-0.3, -0.25) is 0 Å². The van der Waals surface area contributed by atoms with E-state index in [-0.39, 0.29) is 0 Å². The Morgan fingerprint density at radius 2 is 2.08 bits per heavy atom. The molecular formula is C18H12N4S2. The van der Waals surface area contributed by atoms with E-state index in [0.29, 0.717) is 6.54 Å². The predicted molar refractivity (Wildman–Crippen MR) is 99.2 cm³/mol. The Morgan fingerprint density at radius 3 is 2.96 bits per heavy atom. The predicted octanol–water partition coefficient (Wildman–Crippen LogP) is 4.90. The molecule has 0 spiro atoms. The summed E-state index contributed by atoms with van der Waals surface area (Å²) in [7, 11) is 0. The van der Waals surface area contributed by atoms with Crippen LogP contribution in [0.25, 0.3) is 20.7 Å². The molecule has 4 rings (SSSR count). The third-order valence-electron chi connectivity index (χ3n) is 3.65. The first kappa shape index (κ1) is 14.8. The van der Waals surface area contributed by atoms with Crippen molar-refractivity contribution in [2.24, 2.45) is 0 Å². The van der Waals surface area contributed by atoms with Crippen LogP contribution in [0.15, 0.2) is 54.2 Å². The van der Waals surface area contributed by atoms with Crippen LogP contribution in [0.3, 0.4) is 0 Å². The second-order valence-electron chi connectivity index (χ2n) is 5.19. The first-order valence-corrected chi connectivity index (χ1v) is 9.04. The van der Waals surface area contributed by atoms with Gasteiger partial charge >= 0.3 is 0 Å². The molecule has 0 amide bonds. The number of nitrogens with one attached hydrogen (secondary N) is 1. The van der Waals surface area contributed by atoms with Crippen molar-refractivity contribution in [1.82, 2.24) is 9.97 Å². The summed E-state index contributed by atoms with van der Waals surface area (Å²) in [5.74, 6) is 0.856. The van der Waals surface area contributed by atoms with Crippen LogP contribution in [-0.4, -0.2) is 9.97 Å². The molecule has 0 atom stereocenters. The number of fused-ring (bicyclic) bond motifs is 1. The van der Waals surface area contributed by atoms with Gasteiger partial charge < -0.3 is 5.32 Å². The van der Waals surface area contributed by atoms with Gasteiger partial charge in [0.2, 0.25) is 0 Å². The summed E-state index contributed by atoms with van der Waals surface area (Å²) in [6, 6.07) is 16.4. The maximum Gasteiger partial charge on any atom is 0.138 e. The molecule has 1 aromatic carbocycles. The summed E-state index contributed by atoms with van der Waals surface area (Å²) in [4.78, 5) is 11.4. The number of anilines is 1. The minimum Gasteiger partial charge on any atom is -0.365 e. The minimum absolute atomic E-state index is 0.687. The van der Waals surface area contributed by atoms with E-state index in [1.54, 1.807) is 17.7 Å². The van der Waals surface area contributed by atoms with E-state index < -0.39 is 0 Å². The first-order valence-electron chi connectivity index (χ1n) is 7.35. The van der Waals surface area contributed by atoms with E-state index in [2.05, 4.69) is 39.6 Å². The van der Waals surface area contributed by atoms with Gasteiger partial charge in [-0.25, -0.2) is 9.97 Å².